The van der Waals surface area contributed by atoms with Crippen LogP contribution in [0.1, 0.15) is 37.8 Å². The van der Waals surface area contributed by atoms with Crippen LogP contribution in [-0.4, -0.2) is 10.9 Å². The van der Waals surface area contributed by atoms with Crippen LogP contribution in [0.15, 0.2) is 18.2 Å². The van der Waals surface area contributed by atoms with Crippen molar-refractivity contribution in [2.45, 2.75) is 32.9 Å². The molecular formula is C14H17F3N2OS. The maximum absolute atomic E-state index is 13.0. The van der Waals surface area contributed by atoms with Crippen molar-refractivity contribution in [1.29, 1.82) is 0 Å². The highest BCUT2D eigenvalue weighted by atomic mass is 32.1. The number of hydrogen-bond acceptors (Lipinski definition) is 2. The Balaban J connectivity index is 3.01. The van der Waals surface area contributed by atoms with Gasteiger partial charge in [0.15, 0.2) is 0 Å². The molecule has 0 aliphatic rings. The van der Waals surface area contributed by atoms with Gasteiger partial charge in [-0.05, 0) is 24.1 Å². The lowest BCUT2D eigenvalue weighted by molar-refractivity contribution is -0.137. The molecule has 0 aliphatic heterocycles. The third-order valence-electron chi connectivity index (χ3n) is 3.10. The Morgan fingerprint density at radius 3 is 2.52 bits per heavy atom. The number of rotatable bonds is 5. The molecule has 0 aromatic heterocycles. The average molecular weight is 318 g/mol. The highest BCUT2D eigenvalue weighted by Crippen LogP contribution is 2.34. The number of hydrogen-bond donors (Lipinski definition) is 2. The first-order valence-corrected chi connectivity index (χ1v) is 6.86. The number of thiocarbonyl (C=S) groups is 1. The zero-order valence-electron chi connectivity index (χ0n) is 11.8. The lowest BCUT2D eigenvalue weighted by Gasteiger charge is -2.15. The molecule has 0 aliphatic carbocycles. The van der Waals surface area contributed by atoms with Gasteiger partial charge in [-0.1, -0.05) is 32.5 Å². The third kappa shape index (κ3) is 5.00. The van der Waals surface area contributed by atoms with E-state index in [1.807, 2.05) is 13.8 Å². The summed E-state index contributed by atoms with van der Waals surface area (Å²) in [5.74, 6) is -0.150. The van der Waals surface area contributed by atoms with Crippen LogP contribution in [0.3, 0.4) is 0 Å². The van der Waals surface area contributed by atoms with Crippen LogP contribution in [0.4, 0.5) is 18.9 Å². The summed E-state index contributed by atoms with van der Waals surface area (Å²) < 4.78 is 38.9. The van der Waals surface area contributed by atoms with Crippen LogP contribution >= 0.6 is 12.2 Å². The van der Waals surface area contributed by atoms with E-state index >= 15 is 0 Å². The van der Waals surface area contributed by atoms with E-state index in [4.69, 9.17) is 5.73 Å². The molecule has 0 radical (unpaired) electrons. The van der Waals surface area contributed by atoms with Crippen molar-refractivity contribution in [3.05, 3.63) is 29.3 Å². The van der Waals surface area contributed by atoms with E-state index in [2.05, 4.69) is 17.5 Å². The van der Waals surface area contributed by atoms with Gasteiger partial charge in [-0.2, -0.15) is 13.2 Å². The Morgan fingerprint density at radius 1 is 1.43 bits per heavy atom. The predicted molar refractivity (Wildman–Crippen MR) is 80.0 cm³/mol. The van der Waals surface area contributed by atoms with Crippen molar-refractivity contribution >= 4 is 28.8 Å². The number of alkyl halides is 3. The van der Waals surface area contributed by atoms with Crippen molar-refractivity contribution in [3.8, 4) is 0 Å². The molecule has 1 aromatic rings. The molecule has 0 heterocycles. The van der Waals surface area contributed by atoms with Crippen molar-refractivity contribution in [2.24, 2.45) is 11.7 Å². The molecule has 0 fully saturated rings. The lowest BCUT2D eigenvalue weighted by Crippen LogP contribution is -2.19. The molecule has 3 N–H and O–H groups in total. The van der Waals surface area contributed by atoms with Gasteiger partial charge in [0.2, 0.25) is 5.91 Å². The standard InChI is InChI=1S/C14H17F3N2OS/c1-3-8(2)6-12(20)19-9-4-5-10(13(18)21)11(7-9)14(15,16)17/h4-5,7-8H,3,6H2,1-2H3,(H2,18,21)(H,19,20). The Labute approximate surface area is 126 Å². The molecule has 116 valence electrons. The number of benzene rings is 1. The van der Waals surface area contributed by atoms with Crippen LogP contribution in [0.2, 0.25) is 0 Å². The minimum Gasteiger partial charge on any atom is -0.389 e. The van der Waals surface area contributed by atoms with Crippen molar-refractivity contribution in [2.75, 3.05) is 5.32 Å². The average Bonchev–Trinajstić information content (AvgIpc) is 2.36. The molecule has 1 rings (SSSR count). The fraction of sp³-hybridized carbons (Fsp3) is 0.429. The fourth-order valence-electron chi connectivity index (χ4n) is 1.74. The molecule has 3 nitrogen and oxygen atoms in total. The van der Waals surface area contributed by atoms with Crippen molar-refractivity contribution in [1.82, 2.24) is 0 Å². The number of nitrogens with two attached hydrogens (primary N) is 1. The first-order chi connectivity index (χ1) is 9.65. The van der Waals surface area contributed by atoms with E-state index < -0.39 is 11.7 Å². The second kappa shape index (κ2) is 6.89. The number of nitrogens with one attached hydrogen (secondary N) is 1. The van der Waals surface area contributed by atoms with Gasteiger partial charge in [0.05, 0.1) is 5.56 Å². The molecule has 21 heavy (non-hydrogen) atoms. The first-order valence-electron chi connectivity index (χ1n) is 6.46. The molecule has 0 spiro atoms. The topological polar surface area (TPSA) is 55.1 Å². The number of anilines is 1. The lowest BCUT2D eigenvalue weighted by atomic mass is 10.0. The molecule has 7 heteroatoms. The summed E-state index contributed by atoms with van der Waals surface area (Å²) >= 11 is 4.61. The van der Waals surface area contributed by atoms with Gasteiger partial charge in [-0.15, -0.1) is 0 Å². The first kappa shape index (κ1) is 17.4. The minimum atomic E-state index is -4.59. The maximum Gasteiger partial charge on any atom is 0.417 e. The molecule has 0 saturated heterocycles. The molecule has 1 amide bonds. The van der Waals surface area contributed by atoms with Crippen LogP contribution in [0.25, 0.3) is 0 Å². The zero-order valence-corrected chi connectivity index (χ0v) is 12.6. The normalized spacial score (nSPS) is 12.8. The van der Waals surface area contributed by atoms with Gasteiger partial charge in [-0.25, -0.2) is 0 Å². The third-order valence-corrected chi connectivity index (χ3v) is 3.32. The van der Waals surface area contributed by atoms with E-state index in [0.717, 1.165) is 12.5 Å². The summed E-state index contributed by atoms with van der Waals surface area (Å²) in [5, 5.41) is 2.46. The second-order valence-corrected chi connectivity index (χ2v) is 5.33. The number of carbonyl (C=O) groups is 1. The van der Waals surface area contributed by atoms with E-state index in [9.17, 15) is 18.0 Å². The molecule has 1 aromatic carbocycles. The maximum atomic E-state index is 13.0. The number of amides is 1. The molecular weight excluding hydrogens is 301 g/mol. The Bertz CT molecular complexity index is 544. The highest BCUT2D eigenvalue weighted by Gasteiger charge is 2.34. The van der Waals surface area contributed by atoms with Crippen molar-refractivity contribution < 1.29 is 18.0 Å². The van der Waals surface area contributed by atoms with E-state index in [1.54, 1.807) is 0 Å². The monoisotopic (exact) mass is 318 g/mol. The summed E-state index contributed by atoms with van der Waals surface area (Å²) in [6.07, 6.45) is -3.51. The molecule has 0 saturated carbocycles. The largest absolute Gasteiger partial charge is 0.417 e. The van der Waals surface area contributed by atoms with Crippen LogP contribution in [0.5, 0.6) is 0 Å². The van der Waals surface area contributed by atoms with Gasteiger partial charge >= 0.3 is 6.18 Å². The molecule has 1 unspecified atom stereocenters. The van der Waals surface area contributed by atoms with E-state index in [-0.39, 0.29) is 34.5 Å². The SMILES string of the molecule is CCC(C)CC(=O)Nc1ccc(C(N)=S)c(C(F)(F)F)c1. The minimum absolute atomic E-state index is 0.0793. The van der Waals surface area contributed by atoms with Gasteiger partial charge < -0.3 is 11.1 Å². The summed E-state index contributed by atoms with van der Waals surface area (Å²) in [6.45, 7) is 3.84. The summed E-state index contributed by atoms with van der Waals surface area (Å²) in [6, 6.07) is 3.38. The van der Waals surface area contributed by atoms with E-state index in [1.165, 1.54) is 12.1 Å². The quantitative estimate of drug-likeness (QED) is 0.814. The smallest absolute Gasteiger partial charge is 0.389 e. The zero-order chi connectivity index (χ0) is 16.2. The second-order valence-electron chi connectivity index (χ2n) is 4.89. The van der Waals surface area contributed by atoms with Gasteiger partial charge in [-0.3, -0.25) is 4.79 Å². The van der Waals surface area contributed by atoms with Crippen LogP contribution in [0, 0.1) is 5.92 Å². The Kier molecular flexibility index (Phi) is 5.71. The predicted octanol–water partition coefficient (Wildman–Crippen LogP) is 3.71. The summed E-state index contributed by atoms with van der Waals surface area (Å²) in [7, 11) is 0. The molecule has 1 atom stereocenters. The van der Waals surface area contributed by atoms with Crippen molar-refractivity contribution in [3.63, 3.8) is 0 Å². The number of halogens is 3. The highest BCUT2D eigenvalue weighted by molar-refractivity contribution is 7.80. The van der Waals surface area contributed by atoms with Gasteiger partial charge in [0.25, 0.3) is 0 Å². The van der Waals surface area contributed by atoms with Crippen LogP contribution < -0.4 is 11.1 Å². The fourth-order valence-corrected chi connectivity index (χ4v) is 1.92. The Morgan fingerprint density at radius 2 is 2.05 bits per heavy atom. The molecule has 0 bridgehead atoms. The van der Waals surface area contributed by atoms with Gasteiger partial charge in [0.1, 0.15) is 4.99 Å². The summed E-state index contributed by atoms with van der Waals surface area (Å²) in [5.41, 5.74) is 4.17. The van der Waals surface area contributed by atoms with Gasteiger partial charge in [0, 0.05) is 17.7 Å². The summed E-state index contributed by atoms with van der Waals surface area (Å²) in [4.78, 5) is 11.4. The number of carbonyl (C=O) groups excluding carboxylic acids is 1. The van der Waals surface area contributed by atoms with Crippen LogP contribution in [-0.2, 0) is 11.0 Å². The van der Waals surface area contributed by atoms with E-state index in [0.29, 0.717) is 0 Å². The Hall–Kier alpha value is -1.63.